The Morgan fingerprint density at radius 1 is 1.14 bits per heavy atom. The molecule has 0 spiro atoms. The van der Waals surface area contributed by atoms with Crippen molar-refractivity contribution in [3.63, 3.8) is 0 Å². The molecule has 1 amide bonds. The number of benzene rings is 1. The number of alkyl halides is 3. The molecule has 2 aromatic rings. The lowest BCUT2D eigenvalue weighted by Crippen LogP contribution is -2.53. The zero-order valence-electron chi connectivity index (χ0n) is 15.4. The van der Waals surface area contributed by atoms with E-state index in [4.69, 9.17) is 4.74 Å². The summed E-state index contributed by atoms with van der Waals surface area (Å²) in [5.74, 6) is -0.926. The maximum atomic E-state index is 13.7. The molecule has 1 unspecified atom stereocenters. The average Bonchev–Trinajstić information content (AvgIpc) is 3.14. The van der Waals surface area contributed by atoms with Crippen molar-refractivity contribution in [1.29, 1.82) is 0 Å². The van der Waals surface area contributed by atoms with E-state index in [0.717, 1.165) is 10.1 Å². The van der Waals surface area contributed by atoms with Crippen molar-refractivity contribution in [2.45, 2.75) is 43.9 Å². The highest BCUT2D eigenvalue weighted by Gasteiger charge is 2.48. The number of fused-ring (bicyclic) bond motifs is 1. The molecule has 1 aromatic heterocycles. The predicted molar refractivity (Wildman–Crippen MR) is 93.3 cm³/mol. The van der Waals surface area contributed by atoms with Gasteiger partial charge in [0.15, 0.2) is 5.82 Å². The van der Waals surface area contributed by atoms with Gasteiger partial charge in [0.1, 0.15) is 0 Å². The minimum absolute atomic E-state index is 0.0224. The number of carbonyl (C=O) groups is 1. The van der Waals surface area contributed by atoms with Crippen LogP contribution >= 0.6 is 0 Å². The first-order valence-corrected chi connectivity index (χ1v) is 9.29. The van der Waals surface area contributed by atoms with Crippen LogP contribution in [0.4, 0.5) is 13.2 Å². The smallest absolute Gasteiger partial charge is 0.381 e. The van der Waals surface area contributed by atoms with E-state index in [1.807, 2.05) is 30.3 Å². The van der Waals surface area contributed by atoms with Crippen LogP contribution in [0.5, 0.6) is 0 Å². The number of nitrogens with zero attached hydrogens (tertiary/aromatic N) is 4. The zero-order chi connectivity index (χ0) is 19.9. The molecule has 9 heteroatoms. The third kappa shape index (κ3) is 2.97. The third-order valence-electron chi connectivity index (χ3n) is 5.78. The van der Waals surface area contributed by atoms with Gasteiger partial charge in [0, 0.05) is 26.3 Å². The predicted octanol–water partition coefficient (Wildman–Crippen LogP) is 2.95. The SMILES string of the molecule is CC1c2nnc(C(F)(F)F)n2CCN1C(=O)C1(c2ccccc2)CCOCC1. The molecule has 1 saturated heterocycles. The largest absolute Gasteiger partial charge is 0.451 e. The summed E-state index contributed by atoms with van der Waals surface area (Å²) in [6.45, 7) is 2.85. The quantitative estimate of drug-likeness (QED) is 0.786. The molecule has 2 aliphatic rings. The summed E-state index contributed by atoms with van der Waals surface area (Å²) in [6, 6.07) is 8.96. The van der Waals surface area contributed by atoms with Crippen LogP contribution in [-0.4, -0.2) is 45.3 Å². The Morgan fingerprint density at radius 2 is 1.82 bits per heavy atom. The summed E-state index contributed by atoms with van der Waals surface area (Å²) in [5, 5.41) is 7.08. The Balaban J connectivity index is 1.68. The van der Waals surface area contributed by atoms with Crippen molar-refractivity contribution >= 4 is 5.91 Å². The first kappa shape index (κ1) is 18.9. The van der Waals surface area contributed by atoms with Gasteiger partial charge in [-0.3, -0.25) is 4.79 Å². The van der Waals surface area contributed by atoms with Crippen molar-refractivity contribution in [3.8, 4) is 0 Å². The summed E-state index contributed by atoms with van der Waals surface area (Å²) in [5.41, 5.74) is 0.182. The Morgan fingerprint density at radius 3 is 2.46 bits per heavy atom. The van der Waals surface area contributed by atoms with Crippen molar-refractivity contribution in [2.24, 2.45) is 0 Å². The summed E-state index contributed by atoms with van der Waals surface area (Å²) in [6.07, 6.45) is -3.48. The van der Waals surface area contributed by atoms with Gasteiger partial charge in [0.2, 0.25) is 11.7 Å². The highest BCUT2D eigenvalue weighted by molar-refractivity contribution is 5.89. The van der Waals surface area contributed by atoms with E-state index < -0.39 is 23.5 Å². The van der Waals surface area contributed by atoms with E-state index in [-0.39, 0.29) is 24.8 Å². The standard InChI is InChI=1S/C19H21F3N4O2/c1-13-15-23-24-16(19(20,21)22)26(15)10-9-25(13)17(27)18(7-11-28-12-8-18)14-5-3-2-4-6-14/h2-6,13H,7-12H2,1H3. The monoisotopic (exact) mass is 394 g/mol. The van der Waals surface area contributed by atoms with Crippen LogP contribution < -0.4 is 0 Å². The number of aromatic nitrogens is 3. The van der Waals surface area contributed by atoms with Crippen LogP contribution in [-0.2, 0) is 27.7 Å². The fourth-order valence-electron chi connectivity index (χ4n) is 4.25. The molecule has 28 heavy (non-hydrogen) atoms. The highest BCUT2D eigenvalue weighted by atomic mass is 19.4. The van der Waals surface area contributed by atoms with Gasteiger partial charge < -0.3 is 14.2 Å². The second-order valence-corrected chi connectivity index (χ2v) is 7.27. The van der Waals surface area contributed by atoms with Gasteiger partial charge in [-0.1, -0.05) is 30.3 Å². The van der Waals surface area contributed by atoms with Crippen LogP contribution in [0.15, 0.2) is 30.3 Å². The van der Waals surface area contributed by atoms with Crippen molar-refractivity contribution in [3.05, 3.63) is 47.5 Å². The van der Waals surface area contributed by atoms with Crippen LogP contribution in [0.2, 0.25) is 0 Å². The molecule has 1 atom stereocenters. The number of carbonyl (C=O) groups excluding carboxylic acids is 1. The fraction of sp³-hybridized carbons (Fsp3) is 0.526. The summed E-state index contributed by atoms with van der Waals surface area (Å²) < 4.78 is 46.0. The van der Waals surface area contributed by atoms with Crippen molar-refractivity contribution in [1.82, 2.24) is 19.7 Å². The molecule has 1 fully saturated rings. The van der Waals surface area contributed by atoms with Gasteiger partial charge in [-0.05, 0) is 25.3 Å². The van der Waals surface area contributed by atoms with Crippen molar-refractivity contribution < 1.29 is 22.7 Å². The van der Waals surface area contributed by atoms with Gasteiger partial charge in [-0.15, -0.1) is 10.2 Å². The molecule has 150 valence electrons. The lowest BCUT2D eigenvalue weighted by atomic mass is 9.72. The Bertz CT molecular complexity index is 860. The van der Waals surface area contributed by atoms with E-state index in [1.54, 1.807) is 11.8 Å². The molecule has 1 aromatic carbocycles. The van der Waals surface area contributed by atoms with E-state index in [1.165, 1.54) is 0 Å². The van der Waals surface area contributed by atoms with E-state index >= 15 is 0 Å². The molecule has 0 N–H and O–H groups in total. The van der Waals surface area contributed by atoms with Crippen LogP contribution in [0.3, 0.4) is 0 Å². The fourth-order valence-corrected chi connectivity index (χ4v) is 4.25. The number of halogens is 3. The molecule has 0 aliphatic carbocycles. The van der Waals surface area contributed by atoms with Crippen molar-refractivity contribution in [2.75, 3.05) is 19.8 Å². The van der Waals surface area contributed by atoms with Gasteiger partial charge in [0.25, 0.3) is 0 Å². The van der Waals surface area contributed by atoms with E-state index in [2.05, 4.69) is 10.2 Å². The summed E-state index contributed by atoms with van der Waals surface area (Å²) in [7, 11) is 0. The van der Waals surface area contributed by atoms with Crippen LogP contribution in [0.1, 0.15) is 43.0 Å². The molecule has 0 bridgehead atoms. The van der Waals surface area contributed by atoms with Gasteiger partial charge in [-0.25, -0.2) is 0 Å². The molecule has 0 saturated carbocycles. The lowest BCUT2D eigenvalue weighted by molar-refractivity contribution is -0.149. The number of hydrogen-bond donors (Lipinski definition) is 0. The minimum atomic E-state index is -4.57. The number of hydrogen-bond acceptors (Lipinski definition) is 4. The van der Waals surface area contributed by atoms with Crippen LogP contribution in [0, 0.1) is 0 Å². The zero-order valence-corrected chi connectivity index (χ0v) is 15.4. The summed E-state index contributed by atoms with van der Waals surface area (Å²) in [4.78, 5) is 15.3. The third-order valence-corrected chi connectivity index (χ3v) is 5.78. The van der Waals surface area contributed by atoms with Gasteiger partial charge in [-0.2, -0.15) is 13.2 Å². The first-order chi connectivity index (χ1) is 13.3. The summed E-state index contributed by atoms with van der Waals surface area (Å²) >= 11 is 0. The Kier molecular flexibility index (Phi) is 4.65. The number of amides is 1. The maximum absolute atomic E-state index is 13.7. The lowest BCUT2D eigenvalue weighted by Gasteiger charge is -2.43. The average molecular weight is 394 g/mol. The van der Waals surface area contributed by atoms with E-state index in [0.29, 0.717) is 26.1 Å². The Labute approximate surface area is 160 Å². The minimum Gasteiger partial charge on any atom is -0.381 e. The topological polar surface area (TPSA) is 60.2 Å². The number of ether oxygens (including phenoxy) is 1. The molecular weight excluding hydrogens is 373 g/mol. The number of rotatable bonds is 2. The molecule has 4 rings (SSSR count). The molecule has 0 radical (unpaired) electrons. The van der Waals surface area contributed by atoms with Crippen LogP contribution in [0.25, 0.3) is 0 Å². The van der Waals surface area contributed by atoms with Gasteiger partial charge >= 0.3 is 6.18 Å². The van der Waals surface area contributed by atoms with Gasteiger partial charge in [0.05, 0.1) is 11.5 Å². The molecule has 6 nitrogen and oxygen atoms in total. The molecule has 2 aliphatic heterocycles. The first-order valence-electron chi connectivity index (χ1n) is 9.29. The molecule has 3 heterocycles. The maximum Gasteiger partial charge on any atom is 0.451 e. The highest BCUT2D eigenvalue weighted by Crippen LogP contribution is 2.40. The normalized spacial score (nSPS) is 22.0. The second-order valence-electron chi connectivity index (χ2n) is 7.27. The second kappa shape index (κ2) is 6.88. The molecular formula is C19H21F3N4O2. The Hall–Kier alpha value is -2.42. The van der Waals surface area contributed by atoms with E-state index in [9.17, 15) is 18.0 Å².